The van der Waals surface area contributed by atoms with Crippen LogP contribution in [-0.2, 0) is 25.5 Å². The molecule has 0 saturated carbocycles. The van der Waals surface area contributed by atoms with Crippen LogP contribution in [0.4, 0.5) is 0 Å². The molecule has 2 aliphatic rings. The Morgan fingerprint density at radius 2 is 2.10 bits per heavy atom. The summed E-state index contributed by atoms with van der Waals surface area (Å²) in [6.45, 7) is 4.63. The quantitative estimate of drug-likeness (QED) is 0.400. The van der Waals surface area contributed by atoms with E-state index in [9.17, 15) is 4.79 Å². The van der Waals surface area contributed by atoms with Crippen LogP contribution in [0.2, 0.25) is 0 Å². The van der Waals surface area contributed by atoms with Crippen LogP contribution >= 0.6 is 0 Å². The smallest absolute Gasteiger partial charge is 0.248 e. The van der Waals surface area contributed by atoms with E-state index in [1.807, 2.05) is 54.1 Å². The molecule has 2 atom stereocenters. The molecular formula is C30H34N4O5. The molecule has 5 rings (SSSR count). The van der Waals surface area contributed by atoms with Crippen molar-refractivity contribution in [3.05, 3.63) is 71.5 Å². The predicted octanol–water partition coefficient (Wildman–Crippen LogP) is 4.35. The van der Waals surface area contributed by atoms with Gasteiger partial charge < -0.3 is 28.2 Å². The molecule has 0 aliphatic carbocycles. The van der Waals surface area contributed by atoms with Crippen LogP contribution in [0.5, 0.6) is 0 Å². The second-order valence-corrected chi connectivity index (χ2v) is 9.75. The molecule has 9 nitrogen and oxygen atoms in total. The molecule has 1 aromatic carbocycles. The average Bonchev–Trinajstić information content (AvgIpc) is 3.63. The molecule has 2 aliphatic heterocycles. The third-order valence-corrected chi connectivity index (χ3v) is 6.86. The van der Waals surface area contributed by atoms with E-state index >= 15 is 0 Å². The van der Waals surface area contributed by atoms with Crippen molar-refractivity contribution in [1.82, 2.24) is 19.6 Å². The minimum absolute atomic E-state index is 0.00530. The first kappa shape index (κ1) is 26.9. The summed E-state index contributed by atoms with van der Waals surface area (Å²) in [6, 6.07) is 9.86. The Morgan fingerprint density at radius 3 is 2.85 bits per heavy atom. The zero-order chi connectivity index (χ0) is 27.0. The topological polar surface area (TPSA) is 91.9 Å². The highest BCUT2D eigenvalue weighted by Crippen LogP contribution is 2.25. The molecule has 3 aromatic rings. The highest BCUT2D eigenvalue weighted by atomic mass is 16.7. The van der Waals surface area contributed by atoms with Crippen molar-refractivity contribution < 1.29 is 23.5 Å². The second-order valence-electron chi connectivity index (χ2n) is 9.75. The highest BCUT2D eigenvalue weighted by Gasteiger charge is 2.21. The highest BCUT2D eigenvalue weighted by molar-refractivity contribution is 5.77. The van der Waals surface area contributed by atoms with Crippen molar-refractivity contribution in [2.45, 2.75) is 51.5 Å². The first-order valence-corrected chi connectivity index (χ1v) is 13.4. The lowest BCUT2D eigenvalue weighted by Crippen LogP contribution is -2.37. The number of benzene rings is 1. The van der Waals surface area contributed by atoms with Crippen molar-refractivity contribution in [2.75, 3.05) is 33.4 Å². The molecule has 1 fully saturated rings. The van der Waals surface area contributed by atoms with Crippen LogP contribution in [-0.4, -0.2) is 65.2 Å². The largest absolute Gasteiger partial charge is 0.375 e. The molecule has 0 spiro atoms. The number of amides is 1. The van der Waals surface area contributed by atoms with Crippen molar-refractivity contribution in [3.63, 3.8) is 0 Å². The summed E-state index contributed by atoms with van der Waals surface area (Å²) in [6.07, 6.45) is 9.22. The lowest BCUT2D eigenvalue weighted by Gasteiger charge is -2.26. The second kappa shape index (κ2) is 12.9. The number of ether oxygens (including phenoxy) is 3. The molecule has 1 amide bonds. The first-order valence-electron chi connectivity index (χ1n) is 13.4. The van der Waals surface area contributed by atoms with E-state index in [1.165, 1.54) is 7.11 Å². The van der Waals surface area contributed by atoms with Gasteiger partial charge in [-0.25, -0.2) is 4.98 Å². The van der Waals surface area contributed by atoms with Gasteiger partial charge in [-0.3, -0.25) is 4.79 Å². The van der Waals surface area contributed by atoms with Gasteiger partial charge in [-0.05, 0) is 56.9 Å². The molecule has 0 bridgehead atoms. The Kier molecular flexibility index (Phi) is 8.89. The van der Waals surface area contributed by atoms with E-state index < -0.39 is 0 Å². The number of carbonyl (C=O) groups is 1. The number of imidazole rings is 1. The number of nitrogens with zero attached hydrogens (tertiary/aromatic N) is 4. The van der Waals surface area contributed by atoms with Gasteiger partial charge in [0, 0.05) is 62.0 Å². The van der Waals surface area contributed by atoms with Gasteiger partial charge in [-0.2, -0.15) is 0 Å². The molecule has 0 radical (unpaired) electrons. The molecule has 2 aromatic heterocycles. The lowest BCUT2D eigenvalue weighted by molar-refractivity contribution is -0.188. The first-order chi connectivity index (χ1) is 19.1. The SMILES string of the molecule is COCC(=O)N1CC=C(C#Cc2ccc(-c3cc(Cn4ccnc4[C@H](C)OC4CCCCO4)no3)cc2)CC1. The maximum atomic E-state index is 11.9. The lowest BCUT2D eigenvalue weighted by atomic mass is 10.1. The zero-order valence-electron chi connectivity index (χ0n) is 22.5. The fourth-order valence-electron chi connectivity index (χ4n) is 4.71. The van der Waals surface area contributed by atoms with Gasteiger partial charge >= 0.3 is 0 Å². The summed E-state index contributed by atoms with van der Waals surface area (Å²) < 4.78 is 24.4. The molecule has 4 heterocycles. The van der Waals surface area contributed by atoms with Crippen molar-refractivity contribution in [2.24, 2.45) is 0 Å². The third-order valence-electron chi connectivity index (χ3n) is 6.86. The van der Waals surface area contributed by atoms with E-state index in [0.717, 1.165) is 60.5 Å². The van der Waals surface area contributed by atoms with Gasteiger partial charge in [-0.15, -0.1) is 0 Å². The van der Waals surface area contributed by atoms with E-state index in [2.05, 4.69) is 22.0 Å². The van der Waals surface area contributed by atoms with Gasteiger partial charge in [0.2, 0.25) is 5.91 Å². The Morgan fingerprint density at radius 1 is 1.23 bits per heavy atom. The van der Waals surface area contributed by atoms with Gasteiger partial charge in [0.05, 0.1) is 6.54 Å². The summed E-state index contributed by atoms with van der Waals surface area (Å²) in [5.74, 6) is 7.99. The number of aromatic nitrogens is 3. The van der Waals surface area contributed by atoms with Crippen LogP contribution in [0.25, 0.3) is 11.3 Å². The molecule has 204 valence electrons. The summed E-state index contributed by atoms with van der Waals surface area (Å²) >= 11 is 0. The van der Waals surface area contributed by atoms with Crippen LogP contribution in [0.3, 0.4) is 0 Å². The Bertz CT molecular complexity index is 1340. The van der Waals surface area contributed by atoms with E-state index in [1.54, 1.807) is 11.1 Å². The number of hydrogen-bond donors (Lipinski definition) is 0. The predicted molar refractivity (Wildman–Crippen MR) is 144 cm³/mol. The van der Waals surface area contributed by atoms with Crippen molar-refractivity contribution in [1.29, 1.82) is 0 Å². The molecular weight excluding hydrogens is 496 g/mol. The normalized spacial score (nSPS) is 18.3. The fraction of sp³-hybridized carbons (Fsp3) is 0.433. The molecule has 0 N–H and O–H groups in total. The average molecular weight is 531 g/mol. The molecule has 9 heteroatoms. The maximum Gasteiger partial charge on any atom is 0.248 e. The number of methoxy groups -OCH3 is 1. The zero-order valence-corrected chi connectivity index (χ0v) is 22.5. The summed E-state index contributed by atoms with van der Waals surface area (Å²) in [4.78, 5) is 18.2. The molecule has 1 saturated heterocycles. The van der Waals surface area contributed by atoms with Gasteiger partial charge in [0.1, 0.15) is 24.2 Å². The Balaban J connectivity index is 1.17. The van der Waals surface area contributed by atoms with Crippen LogP contribution in [0, 0.1) is 11.8 Å². The Labute approximate surface area is 228 Å². The minimum Gasteiger partial charge on any atom is -0.375 e. The van der Waals surface area contributed by atoms with E-state index in [4.69, 9.17) is 18.7 Å². The number of rotatable bonds is 8. The fourth-order valence-corrected chi connectivity index (χ4v) is 4.71. The molecule has 39 heavy (non-hydrogen) atoms. The Hall–Kier alpha value is -3.71. The number of carbonyl (C=O) groups excluding carboxylic acids is 1. The third kappa shape index (κ3) is 7.03. The van der Waals surface area contributed by atoms with Crippen LogP contribution in [0.1, 0.15) is 55.8 Å². The number of hydrogen-bond acceptors (Lipinski definition) is 7. The van der Waals surface area contributed by atoms with Crippen LogP contribution in [0.15, 0.2) is 58.9 Å². The maximum absolute atomic E-state index is 11.9. The standard InChI is InChI=1S/C30H34N4O5/c1-22(38-29-5-3-4-18-37-29)30-31-14-17-34(30)20-26-19-27(39-32-26)25-10-8-23(9-11-25)6-7-24-12-15-33(16-13-24)28(35)21-36-2/h8-12,14,17,19,22,29H,3-5,13,15-16,18,20-21H2,1-2H3/t22-,29?/m0/s1. The van der Waals surface area contributed by atoms with Crippen LogP contribution < -0.4 is 0 Å². The summed E-state index contributed by atoms with van der Waals surface area (Å²) in [5, 5.41) is 4.27. The van der Waals surface area contributed by atoms with E-state index in [-0.39, 0.29) is 24.9 Å². The van der Waals surface area contributed by atoms with Gasteiger partial charge in [0.25, 0.3) is 0 Å². The van der Waals surface area contributed by atoms with Gasteiger partial charge in [-0.1, -0.05) is 23.1 Å². The van der Waals surface area contributed by atoms with E-state index in [0.29, 0.717) is 25.4 Å². The monoisotopic (exact) mass is 530 g/mol. The van der Waals surface area contributed by atoms with Crippen molar-refractivity contribution >= 4 is 5.91 Å². The molecule has 1 unspecified atom stereocenters. The van der Waals surface area contributed by atoms with Crippen molar-refractivity contribution in [3.8, 4) is 23.2 Å². The summed E-state index contributed by atoms with van der Waals surface area (Å²) in [7, 11) is 1.53. The van der Waals surface area contributed by atoms with Gasteiger partial charge in [0.15, 0.2) is 12.1 Å². The summed E-state index contributed by atoms with van der Waals surface area (Å²) in [5.41, 5.74) is 3.69. The minimum atomic E-state index is -0.190.